The maximum absolute atomic E-state index is 16.1. The Labute approximate surface area is 240 Å². The minimum Gasteiger partial charge on any atom is -0.384 e. The fraction of sp³-hybridized carbons (Fsp3) is 0.233. The summed E-state index contributed by atoms with van der Waals surface area (Å²) in [5, 5.41) is 14.0. The predicted molar refractivity (Wildman–Crippen MR) is 161 cm³/mol. The average molecular weight is 569 g/mol. The largest absolute Gasteiger partial charge is 0.384 e. The van der Waals surface area contributed by atoms with Crippen LogP contribution in [-0.4, -0.2) is 73.2 Å². The van der Waals surface area contributed by atoms with Gasteiger partial charge in [-0.05, 0) is 63.8 Å². The summed E-state index contributed by atoms with van der Waals surface area (Å²) in [4.78, 5) is 22.9. The summed E-state index contributed by atoms with van der Waals surface area (Å²) < 4.78 is 30.7. The van der Waals surface area contributed by atoms with Crippen molar-refractivity contribution in [2.24, 2.45) is 0 Å². The van der Waals surface area contributed by atoms with Gasteiger partial charge in [0.1, 0.15) is 17.2 Å². The van der Waals surface area contributed by atoms with Crippen LogP contribution in [0.1, 0.15) is 13.8 Å². The highest BCUT2D eigenvalue weighted by Gasteiger charge is 2.22. The predicted octanol–water partition coefficient (Wildman–Crippen LogP) is 5.70. The molecule has 0 aliphatic carbocycles. The van der Waals surface area contributed by atoms with E-state index in [2.05, 4.69) is 45.8 Å². The molecule has 4 N–H and O–H groups in total. The number of hydrogen-bond donors (Lipinski definition) is 4. The van der Waals surface area contributed by atoms with Crippen molar-refractivity contribution in [3.05, 3.63) is 66.8 Å². The van der Waals surface area contributed by atoms with Crippen molar-refractivity contribution in [3.63, 3.8) is 0 Å². The lowest BCUT2D eigenvalue weighted by atomic mass is 10.0. The van der Waals surface area contributed by atoms with Gasteiger partial charge >= 0.3 is 0 Å². The Balaban J connectivity index is 1.41. The van der Waals surface area contributed by atoms with Crippen LogP contribution in [0.2, 0.25) is 0 Å². The van der Waals surface area contributed by atoms with Crippen LogP contribution in [0.15, 0.2) is 55.1 Å². The number of halogens is 2. The van der Waals surface area contributed by atoms with Crippen LogP contribution in [0.25, 0.3) is 56.0 Å². The number of hydrogen-bond acceptors (Lipinski definition) is 8. The number of aromatic nitrogens is 7. The molecule has 214 valence electrons. The zero-order valence-electron chi connectivity index (χ0n) is 23.6. The Kier molecular flexibility index (Phi) is 7.21. The highest BCUT2D eigenvalue weighted by molar-refractivity contribution is 5.97. The van der Waals surface area contributed by atoms with Crippen molar-refractivity contribution in [3.8, 4) is 33.9 Å². The van der Waals surface area contributed by atoms with Gasteiger partial charge in [0.25, 0.3) is 0 Å². The number of nitrogens with zero attached hydrogens (tertiary/aromatic N) is 6. The summed E-state index contributed by atoms with van der Waals surface area (Å²) in [6.07, 6.45) is 6.41. The molecule has 5 heterocycles. The molecule has 0 aliphatic heterocycles. The molecule has 12 heteroatoms. The van der Waals surface area contributed by atoms with Gasteiger partial charge in [-0.25, -0.2) is 18.7 Å². The van der Waals surface area contributed by atoms with E-state index in [1.165, 1.54) is 18.3 Å². The minimum atomic E-state index is -0.549. The summed E-state index contributed by atoms with van der Waals surface area (Å²) in [6.45, 7) is 5.50. The van der Waals surface area contributed by atoms with Crippen LogP contribution in [0.5, 0.6) is 0 Å². The van der Waals surface area contributed by atoms with Gasteiger partial charge in [0, 0.05) is 54.5 Å². The van der Waals surface area contributed by atoms with Crippen LogP contribution >= 0.6 is 0 Å². The summed E-state index contributed by atoms with van der Waals surface area (Å²) in [6, 6.07) is 8.59. The summed E-state index contributed by atoms with van der Waals surface area (Å²) >= 11 is 0. The molecule has 6 rings (SSSR count). The van der Waals surface area contributed by atoms with E-state index >= 15 is 4.39 Å². The van der Waals surface area contributed by atoms with Gasteiger partial charge in [-0.2, -0.15) is 5.10 Å². The molecule has 0 aliphatic rings. The molecule has 42 heavy (non-hydrogen) atoms. The van der Waals surface area contributed by atoms with Gasteiger partial charge in [0.05, 0.1) is 28.3 Å². The molecule has 0 spiro atoms. The SMILES string of the molecule is CC(C)Nc1cncc(-c2ncc3[nH]nc(-c4nc5nccc(-c6cc(F)cc(NCCN(C)C)c6)c5[nH]4)c3c2F)c1. The molecular weight excluding hydrogens is 538 g/mol. The molecule has 0 fully saturated rings. The monoisotopic (exact) mass is 568 g/mol. The van der Waals surface area contributed by atoms with E-state index in [0.717, 1.165) is 12.2 Å². The van der Waals surface area contributed by atoms with Gasteiger partial charge in [0.2, 0.25) is 0 Å². The van der Waals surface area contributed by atoms with E-state index < -0.39 is 5.82 Å². The number of nitrogens with one attached hydrogen (secondary N) is 4. The number of benzene rings is 1. The van der Waals surface area contributed by atoms with Gasteiger partial charge in [-0.15, -0.1) is 0 Å². The smallest absolute Gasteiger partial charge is 0.178 e. The van der Waals surface area contributed by atoms with Crippen molar-refractivity contribution in [1.82, 2.24) is 40.0 Å². The van der Waals surface area contributed by atoms with Gasteiger partial charge in [-0.1, -0.05) is 0 Å². The fourth-order valence-electron chi connectivity index (χ4n) is 4.86. The van der Waals surface area contributed by atoms with Crippen LogP contribution in [0.3, 0.4) is 0 Å². The van der Waals surface area contributed by atoms with Crippen LogP contribution < -0.4 is 10.6 Å². The molecule has 1 aromatic carbocycles. The first-order valence-corrected chi connectivity index (χ1v) is 13.6. The van der Waals surface area contributed by atoms with E-state index in [1.54, 1.807) is 24.7 Å². The standard InChI is InChI=1S/C30H30F2N10/c1-16(2)37-21-11-18(13-33-14-21)26-25(32)24-23(15-36-26)40-41-28(24)30-38-27-22(5-6-35-29(27)39-30)17-9-19(31)12-20(10-17)34-7-8-42(3)4/h5-6,9-16,34,37H,7-8H2,1-4H3,(H,40,41)(H,35,38,39). The lowest BCUT2D eigenvalue weighted by molar-refractivity contribution is 0.425. The van der Waals surface area contributed by atoms with Crippen LogP contribution in [-0.2, 0) is 0 Å². The number of fused-ring (bicyclic) bond motifs is 2. The fourth-order valence-corrected chi connectivity index (χ4v) is 4.86. The summed E-state index contributed by atoms with van der Waals surface area (Å²) in [7, 11) is 3.96. The second-order valence-electron chi connectivity index (χ2n) is 10.6. The molecule has 5 aromatic heterocycles. The maximum Gasteiger partial charge on any atom is 0.178 e. The number of imidazole rings is 1. The minimum absolute atomic E-state index is 0.147. The summed E-state index contributed by atoms with van der Waals surface area (Å²) in [5.41, 5.74) is 5.15. The topological polar surface area (TPSA) is 123 Å². The number of likely N-dealkylation sites (N-methyl/N-ethyl adjacent to an activating group) is 1. The normalized spacial score (nSPS) is 11.7. The number of anilines is 2. The Morgan fingerprint density at radius 1 is 0.952 bits per heavy atom. The zero-order chi connectivity index (χ0) is 29.4. The van der Waals surface area contributed by atoms with E-state index in [9.17, 15) is 4.39 Å². The second kappa shape index (κ2) is 11.1. The van der Waals surface area contributed by atoms with Gasteiger partial charge in [-0.3, -0.25) is 15.1 Å². The number of H-pyrrole nitrogens is 2. The van der Waals surface area contributed by atoms with E-state index in [1.807, 2.05) is 45.0 Å². The van der Waals surface area contributed by atoms with Crippen molar-refractivity contribution in [2.45, 2.75) is 19.9 Å². The molecule has 10 nitrogen and oxygen atoms in total. The second-order valence-corrected chi connectivity index (χ2v) is 10.6. The molecule has 0 amide bonds. The number of rotatable bonds is 9. The first kappa shape index (κ1) is 27.2. The van der Waals surface area contributed by atoms with Crippen molar-refractivity contribution in [1.29, 1.82) is 0 Å². The van der Waals surface area contributed by atoms with Gasteiger partial charge < -0.3 is 20.5 Å². The Bertz CT molecular complexity index is 1890. The molecular formula is C30H30F2N10. The Morgan fingerprint density at radius 3 is 2.60 bits per heavy atom. The summed E-state index contributed by atoms with van der Waals surface area (Å²) in [5.74, 6) is -0.597. The Hall–Kier alpha value is -4.97. The molecule has 6 aromatic rings. The quantitative estimate of drug-likeness (QED) is 0.175. The zero-order valence-corrected chi connectivity index (χ0v) is 23.6. The maximum atomic E-state index is 16.1. The molecule has 0 saturated carbocycles. The Morgan fingerprint density at radius 2 is 1.79 bits per heavy atom. The van der Waals surface area contributed by atoms with Crippen LogP contribution in [0.4, 0.5) is 20.2 Å². The van der Waals surface area contributed by atoms with Crippen LogP contribution in [0, 0.1) is 11.6 Å². The molecule has 0 radical (unpaired) electrons. The average Bonchev–Trinajstić information content (AvgIpc) is 3.57. The third-order valence-corrected chi connectivity index (χ3v) is 6.72. The highest BCUT2D eigenvalue weighted by Crippen LogP contribution is 2.35. The van der Waals surface area contributed by atoms with Gasteiger partial charge in [0.15, 0.2) is 17.3 Å². The van der Waals surface area contributed by atoms with Crippen molar-refractivity contribution in [2.75, 3.05) is 37.8 Å². The lowest BCUT2D eigenvalue weighted by Gasteiger charge is -2.13. The molecule has 0 unspecified atom stereocenters. The van der Waals surface area contributed by atoms with Crippen molar-refractivity contribution >= 4 is 33.4 Å². The van der Waals surface area contributed by atoms with E-state index in [-0.39, 0.29) is 28.6 Å². The van der Waals surface area contributed by atoms with E-state index in [0.29, 0.717) is 51.4 Å². The van der Waals surface area contributed by atoms with Crippen molar-refractivity contribution < 1.29 is 8.78 Å². The third-order valence-electron chi connectivity index (χ3n) is 6.72. The lowest BCUT2D eigenvalue weighted by Crippen LogP contribution is -2.20. The molecule has 0 saturated heterocycles. The van der Waals surface area contributed by atoms with E-state index in [4.69, 9.17) is 0 Å². The highest BCUT2D eigenvalue weighted by atomic mass is 19.1. The number of aromatic amines is 2. The first-order chi connectivity index (χ1) is 20.3. The third kappa shape index (κ3) is 5.36. The molecule has 0 atom stereocenters. The number of pyridine rings is 3. The first-order valence-electron chi connectivity index (χ1n) is 13.6. The molecule has 0 bridgehead atoms.